The third kappa shape index (κ3) is 4.46. The van der Waals surface area contributed by atoms with Crippen molar-refractivity contribution in [2.24, 2.45) is 0 Å². The van der Waals surface area contributed by atoms with E-state index in [1.807, 2.05) is 6.07 Å². The molecule has 1 aliphatic rings. The number of alkyl halides is 4. The Hall–Kier alpha value is -2.61. The van der Waals surface area contributed by atoms with Gasteiger partial charge in [0, 0.05) is 49.2 Å². The number of anilines is 1. The first-order valence-corrected chi connectivity index (χ1v) is 10.9. The van der Waals surface area contributed by atoms with Gasteiger partial charge in [0.25, 0.3) is 12.9 Å². The number of carbonyl (C=O) groups is 1. The Morgan fingerprint density at radius 2 is 1.91 bits per heavy atom. The van der Waals surface area contributed by atoms with Crippen LogP contribution in [0.4, 0.5) is 28.0 Å². The Bertz CT molecular complexity index is 1110. The average Bonchev–Trinajstić information content (AvgIpc) is 3.39. The highest BCUT2D eigenvalue weighted by atomic mass is 32.1. The first-order valence-electron chi connectivity index (χ1n) is 9.60. The van der Waals surface area contributed by atoms with Crippen LogP contribution in [0.15, 0.2) is 23.2 Å². The third-order valence-electron chi connectivity index (χ3n) is 5.08. The van der Waals surface area contributed by atoms with E-state index in [0.29, 0.717) is 36.6 Å². The van der Waals surface area contributed by atoms with Crippen LogP contribution in [-0.2, 0) is 0 Å². The number of rotatable bonds is 5. The van der Waals surface area contributed by atoms with Gasteiger partial charge in [0.15, 0.2) is 5.01 Å². The van der Waals surface area contributed by atoms with Crippen LogP contribution < -0.4 is 4.90 Å². The second kappa shape index (κ2) is 9.10. The van der Waals surface area contributed by atoms with Crippen LogP contribution in [0.3, 0.4) is 0 Å². The summed E-state index contributed by atoms with van der Waals surface area (Å²) >= 11 is 5.23. The van der Waals surface area contributed by atoms with E-state index in [9.17, 15) is 22.4 Å². The maximum atomic E-state index is 12.9. The van der Waals surface area contributed by atoms with Crippen molar-refractivity contribution in [2.75, 3.05) is 44.7 Å². The van der Waals surface area contributed by atoms with Gasteiger partial charge in [0.05, 0.1) is 18.3 Å². The summed E-state index contributed by atoms with van der Waals surface area (Å²) in [4.78, 5) is 17.6. The quantitative estimate of drug-likeness (QED) is 0.439. The molecule has 32 heavy (non-hydrogen) atoms. The molecule has 0 N–H and O–H groups in total. The Kier molecular flexibility index (Phi) is 6.42. The summed E-state index contributed by atoms with van der Waals surface area (Å²) in [5.74, 6) is 0. The van der Waals surface area contributed by atoms with E-state index in [4.69, 9.17) is 0 Å². The fourth-order valence-electron chi connectivity index (χ4n) is 3.57. The molecule has 0 spiro atoms. The molecular formula is C18H19F4N7OS2. The van der Waals surface area contributed by atoms with Crippen molar-refractivity contribution in [3.8, 4) is 5.13 Å². The number of benzene rings is 1. The lowest BCUT2D eigenvalue weighted by Gasteiger charge is -2.38. The lowest BCUT2D eigenvalue weighted by Crippen LogP contribution is -2.52. The van der Waals surface area contributed by atoms with Crippen LogP contribution in [0.25, 0.3) is 16.0 Å². The topological polar surface area (TPSA) is 70.4 Å². The van der Waals surface area contributed by atoms with E-state index in [2.05, 4.69) is 32.8 Å². The molecule has 2 aromatic heterocycles. The minimum atomic E-state index is -2.71. The molecule has 1 aromatic carbocycles. The number of nitrogens with zero attached hydrogens (tertiary/aromatic N) is 7. The summed E-state index contributed by atoms with van der Waals surface area (Å²) in [5.41, 5.74) is 1.46. The number of halogens is 4. The molecule has 172 valence electrons. The largest absolute Gasteiger partial charge is 0.367 e. The highest BCUT2D eigenvalue weighted by molar-refractivity contribution is 7.80. The van der Waals surface area contributed by atoms with E-state index < -0.39 is 25.4 Å². The molecule has 0 atom stereocenters. The fourth-order valence-corrected chi connectivity index (χ4v) is 4.49. The maximum Gasteiger partial charge on any atom is 0.320 e. The zero-order chi connectivity index (χ0) is 23.0. The van der Waals surface area contributed by atoms with Gasteiger partial charge in [-0.25, -0.2) is 27.0 Å². The molecule has 0 aliphatic carbocycles. The van der Waals surface area contributed by atoms with Crippen molar-refractivity contribution >= 4 is 46.6 Å². The normalized spacial score (nSPS) is 14.8. The second-order valence-corrected chi connectivity index (χ2v) is 8.71. The maximum absolute atomic E-state index is 12.9. The van der Waals surface area contributed by atoms with Crippen LogP contribution in [0.2, 0.25) is 0 Å². The van der Waals surface area contributed by atoms with Gasteiger partial charge >= 0.3 is 6.03 Å². The Morgan fingerprint density at radius 3 is 2.53 bits per heavy atom. The lowest BCUT2D eigenvalue weighted by atomic mass is 10.1. The van der Waals surface area contributed by atoms with Crippen LogP contribution in [0.1, 0.15) is 11.4 Å². The molecule has 1 aliphatic heterocycles. The lowest BCUT2D eigenvalue weighted by molar-refractivity contribution is 0.0941. The Morgan fingerprint density at radius 1 is 1.19 bits per heavy atom. The monoisotopic (exact) mass is 489 g/mol. The number of urea groups is 1. The van der Waals surface area contributed by atoms with Gasteiger partial charge < -0.3 is 14.7 Å². The summed E-state index contributed by atoms with van der Waals surface area (Å²) in [6, 6.07) is 3.19. The van der Waals surface area contributed by atoms with E-state index in [0.717, 1.165) is 27.3 Å². The van der Waals surface area contributed by atoms with Crippen molar-refractivity contribution in [3.63, 3.8) is 0 Å². The molecule has 0 unspecified atom stereocenters. The van der Waals surface area contributed by atoms with E-state index in [1.165, 1.54) is 16.6 Å². The van der Waals surface area contributed by atoms with Gasteiger partial charge in [0.2, 0.25) is 5.13 Å². The van der Waals surface area contributed by atoms with Crippen molar-refractivity contribution in [1.82, 2.24) is 29.8 Å². The van der Waals surface area contributed by atoms with Crippen LogP contribution in [0.5, 0.6) is 0 Å². The fraction of sp³-hybridized carbons (Fsp3) is 0.444. The number of fused-ring (bicyclic) bond motifs is 1. The van der Waals surface area contributed by atoms with Gasteiger partial charge in [-0.15, -0.1) is 22.8 Å². The summed E-state index contributed by atoms with van der Waals surface area (Å²) in [6.45, 7) is 1.10. The number of hydrogen-bond acceptors (Lipinski definition) is 7. The number of carbonyl (C=O) groups excluding carboxylic acids is 1. The predicted octanol–water partition coefficient (Wildman–Crippen LogP) is 3.54. The van der Waals surface area contributed by atoms with E-state index >= 15 is 0 Å². The third-order valence-corrected chi connectivity index (χ3v) is 6.24. The van der Waals surface area contributed by atoms with Crippen molar-refractivity contribution < 1.29 is 22.4 Å². The standard InChI is InChI=1S/C18H19F4N7OS2/c1-26(9-14(19)20)18(30)28-4-2-27(3-5-28)12-6-10(31)7-13-11(12)8-23-29(13)17-25-24-16(32-17)15(21)22/h6-8,14-15,31H,2-5,9H2,1H3. The van der Waals surface area contributed by atoms with Gasteiger partial charge in [-0.05, 0) is 12.1 Å². The van der Waals surface area contributed by atoms with E-state index in [-0.39, 0.29) is 10.1 Å². The van der Waals surface area contributed by atoms with Crippen LogP contribution in [0, 0.1) is 0 Å². The first kappa shape index (κ1) is 22.6. The zero-order valence-corrected chi connectivity index (χ0v) is 18.5. The van der Waals surface area contributed by atoms with Gasteiger partial charge in [0.1, 0.15) is 0 Å². The van der Waals surface area contributed by atoms with Gasteiger partial charge in [-0.1, -0.05) is 11.3 Å². The molecule has 3 heterocycles. The molecule has 4 rings (SSSR count). The summed E-state index contributed by atoms with van der Waals surface area (Å²) in [6.07, 6.45) is -3.68. The minimum absolute atomic E-state index is 0.220. The molecule has 1 fully saturated rings. The number of piperazine rings is 1. The van der Waals surface area contributed by atoms with E-state index in [1.54, 1.807) is 12.3 Å². The number of amides is 2. The Balaban J connectivity index is 1.55. The van der Waals surface area contributed by atoms with Crippen molar-refractivity contribution in [3.05, 3.63) is 23.3 Å². The smallest absolute Gasteiger partial charge is 0.320 e. The summed E-state index contributed by atoms with van der Waals surface area (Å²) in [5, 5.41) is 12.2. The SMILES string of the molecule is CN(CC(F)F)C(=O)N1CCN(c2cc(S)cc3c2cnn3-c2nnc(C(F)F)s2)CC1. The first-order chi connectivity index (χ1) is 15.2. The number of aromatic nitrogens is 4. The molecular weight excluding hydrogens is 470 g/mol. The molecule has 0 saturated carbocycles. The second-order valence-electron chi connectivity index (χ2n) is 7.21. The predicted molar refractivity (Wildman–Crippen MR) is 115 cm³/mol. The highest BCUT2D eigenvalue weighted by Crippen LogP contribution is 2.33. The average molecular weight is 490 g/mol. The molecule has 8 nitrogen and oxygen atoms in total. The van der Waals surface area contributed by atoms with Crippen molar-refractivity contribution in [2.45, 2.75) is 17.7 Å². The van der Waals surface area contributed by atoms with Crippen LogP contribution >= 0.6 is 24.0 Å². The summed E-state index contributed by atoms with van der Waals surface area (Å²) in [7, 11) is 1.36. The Labute approximate surface area is 189 Å². The number of thiol groups is 1. The zero-order valence-electron chi connectivity index (χ0n) is 16.8. The van der Waals surface area contributed by atoms with Gasteiger partial charge in [-0.2, -0.15) is 5.10 Å². The van der Waals surface area contributed by atoms with Gasteiger partial charge in [-0.3, -0.25) is 0 Å². The van der Waals surface area contributed by atoms with Crippen molar-refractivity contribution in [1.29, 1.82) is 0 Å². The number of hydrogen-bond donors (Lipinski definition) is 1. The van der Waals surface area contributed by atoms with Crippen LogP contribution in [-0.4, -0.2) is 82.0 Å². The molecule has 3 aromatic rings. The summed E-state index contributed by atoms with van der Waals surface area (Å²) < 4.78 is 52.4. The molecule has 0 bridgehead atoms. The molecule has 1 saturated heterocycles. The molecule has 0 radical (unpaired) electrons. The minimum Gasteiger partial charge on any atom is -0.367 e. The molecule has 14 heteroatoms. The molecule has 2 amide bonds. The highest BCUT2D eigenvalue weighted by Gasteiger charge is 2.26.